The van der Waals surface area contributed by atoms with Gasteiger partial charge < -0.3 is 40.5 Å². The van der Waals surface area contributed by atoms with Crippen molar-refractivity contribution in [2.45, 2.75) is 150 Å². The van der Waals surface area contributed by atoms with Gasteiger partial charge >= 0.3 is 0 Å². The van der Waals surface area contributed by atoms with E-state index in [4.69, 9.17) is 4.74 Å². The van der Waals surface area contributed by atoms with Crippen molar-refractivity contribution in [1.82, 2.24) is 40.6 Å². The first kappa shape index (κ1) is 57.2. The van der Waals surface area contributed by atoms with Gasteiger partial charge in [0.05, 0.1) is 62.5 Å². The third-order valence-corrected chi connectivity index (χ3v) is 17.3. The summed E-state index contributed by atoms with van der Waals surface area (Å²) in [5.74, 6) is -2.73. The van der Waals surface area contributed by atoms with E-state index in [1.807, 2.05) is 111 Å². The predicted molar refractivity (Wildman–Crippen MR) is 299 cm³/mol. The molecule has 3 aliphatic rings. The van der Waals surface area contributed by atoms with E-state index in [1.165, 1.54) is 26.8 Å². The standard InChI is InChI=1S/C59H71N9O8S2/c1-10-34(6)51(65-50(70)20-11-32(2)3)58(74)67-28-45(24-49(67)55(71)61-26-38-12-14-40(15-13-38)53-36(8)62-30-77-53)76-44-21-42(25-60)47-29-68(57(73)46(47)23-44)52(33(4)5)59(75)66-27-43(69)22-48(66)56(72)64-35(7)39-16-18-41(19-17-39)54-37(9)63-31-78-54/h12-19,21,23,30-35,43,45,48-49,51-52,69H,10-11,20,22,24,26-29H2,1-9H3,(H,61,71)(H,64,72)(H,65,70)/t34-,35-,43+,45+,48-,49-,51-,52-/m0/s1. The Hall–Kier alpha value is -7.01. The maximum absolute atomic E-state index is 14.8. The average molecular weight is 1100 g/mol. The molecule has 0 unspecified atom stereocenters. The number of aryl methyl sites for hydroxylation is 2. The van der Waals surface area contributed by atoms with E-state index < -0.39 is 77.9 Å². The summed E-state index contributed by atoms with van der Waals surface area (Å²) in [5.41, 5.74) is 9.95. The van der Waals surface area contributed by atoms with Crippen LogP contribution >= 0.6 is 22.7 Å². The molecule has 8 atom stereocenters. The number of rotatable bonds is 20. The summed E-state index contributed by atoms with van der Waals surface area (Å²) in [6.07, 6.45) is -0.146. The number of hydrogen-bond donors (Lipinski definition) is 4. The van der Waals surface area contributed by atoms with Crippen LogP contribution in [0.5, 0.6) is 5.75 Å². The van der Waals surface area contributed by atoms with Gasteiger partial charge in [-0.1, -0.05) is 96.5 Å². The normalized spacial score (nSPS) is 19.6. The SMILES string of the molecule is CC[C@H](C)[C@H](NC(=O)CCC(C)C)C(=O)N1C[C@H](Oc2cc(C#N)c3c(c2)C(=O)N([C@H](C(=O)N2C[C@H](O)C[C@H]2C(=O)N[C@@H](C)c2ccc(-c4scnc4C)cc2)C(C)C)C3)C[C@H]1C(=O)NCc1ccc(-c2scnc2C)cc1. The number of nitrogens with zero attached hydrogens (tertiary/aromatic N) is 6. The summed E-state index contributed by atoms with van der Waals surface area (Å²) in [7, 11) is 0. The van der Waals surface area contributed by atoms with Gasteiger partial charge in [0.2, 0.25) is 29.5 Å². The van der Waals surface area contributed by atoms with Crippen molar-refractivity contribution >= 4 is 58.1 Å². The molecular weight excluding hydrogens is 1030 g/mol. The number of nitrogens with one attached hydrogen (secondary N) is 3. The van der Waals surface area contributed by atoms with Crippen LogP contribution in [0.4, 0.5) is 0 Å². The Labute approximate surface area is 464 Å². The summed E-state index contributed by atoms with van der Waals surface area (Å²) in [6, 6.07) is 16.6. The number of fused-ring (bicyclic) bond motifs is 1. The monoisotopic (exact) mass is 1100 g/mol. The van der Waals surface area contributed by atoms with E-state index in [0.29, 0.717) is 18.4 Å². The van der Waals surface area contributed by atoms with Crippen LogP contribution in [0.25, 0.3) is 20.9 Å². The van der Waals surface area contributed by atoms with Crippen molar-refractivity contribution in [2.24, 2.45) is 17.8 Å². The topological polar surface area (TPSA) is 227 Å². The van der Waals surface area contributed by atoms with Crippen LogP contribution in [0.15, 0.2) is 71.7 Å². The van der Waals surface area contributed by atoms with E-state index in [-0.39, 0.29) is 80.1 Å². The Kier molecular flexibility index (Phi) is 18.1. The molecule has 2 saturated heterocycles. The Balaban J connectivity index is 0.987. The zero-order chi connectivity index (χ0) is 56.1. The number of hydrogen-bond acceptors (Lipinski definition) is 13. The number of aliphatic hydroxyl groups excluding tert-OH is 1. The average Bonchev–Trinajstić information content (AvgIpc) is 4.29. The van der Waals surface area contributed by atoms with Crippen LogP contribution in [0.1, 0.15) is 131 Å². The fourth-order valence-electron chi connectivity index (χ4n) is 10.7. The number of amides is 6. The molecule has 2 fully saturated rings. The van der Waals surface area contributed by atoms with Crippen LogP contribution in [0, 0.1) is 42.9 Å². The van der Waals surface area contributed by atoms with E-state index in [9.17, 15) is 39.1 Å². The number of aliphatic hydroxyl groups is 1. The van der Waals surface area contributed by atoms with Gasteiger partial charge in [0.1, 0.15) is 36.0 Å². The Bertz CT molecular complexity index is 3060. The van der Waals surface area contributed by atoms with Gasteiger partial charge in [-0.05, 0) is 79.3 Å². The minimum atomic E-state index is -1.06. The Morgan fingerprint density at radius 2 is 1.44 bits per heavy atom. The summed E-state index contributed by atoms with van der Waals surface area (Å²) in [5, 5.41) is 30.5. The smallest absolute Gasteiger partial charge is 0.255 e. The number of ether oxygens (including phenoxy) is 1. The molecule has 17 nitrogen and oxygen atoms in total. The number of benzene rings is 3. The first-order chi connectivity index (χ1) is 37.3. The number of aromatic nitrogens is 2. The number of thiazole rings is 2. The molecule has 5 heterocycles. The van der Waals surface area contributed by atoms with Crippen molar-refractivity contribution < 1.29 is 38.6 Å². The number of nitriles is 1. The van der Waals surface area contributed by atoms with Gasteiger partial charge in [0, 0.05) is 50.0 Å². The molecule has 3 aliphatic heterocycles. The van der Waals surface area contributed by atoms with Crippen LogP contribution in [-0.4, -0.2) is 115 Å². The molecule has 3 aromatic carbocycles. The third-order valence-electron chi connectivity index (χ3n) is 15.3. The van der Waals surface area contributed by atoms with Gasteiger partial charge in [0.25, 0.3) is 5.91 Å². The zero-order valence-electron chi connectivity index (χ0n) is 45.9. The maximum atomic E-state index is 14.8. The van der Waals surface area contributed by atoms with Crippen molar-refractivity contribution in [1.29, 1.82) is 5.26 Å². The third kappa shape index (κ3) is 12.6. The molecule has 5 aromatic rings. The van der Waals surface area contributed by atoms with E-state index in [1.54, 1.807) is 33.7 Å². The van der Waals surface area contributed by atoms with E-state index >= 15 is 0 Å². The minimum absolute atomic E-state index is 0.0200. The molecule has 0 bridgehead atoms. The highest BCUT2D eigenvalue weighted by molar-refractivity contribution is 7.13. The predicted octanol–water partition coefficient (Wildman–Crippen LogP) is 7.87. The van der Waals surface area contributed by atoms with Crippen molar-refractivity contribution in [2.75, 3.05) is 13.1 Å². The highest BCUT2D eigenvalue weighted by Crippen LogP contribution is 2.37. The highest BCUT2D eigenvalue weighted by Gasteiger charge is 2.48. The summed E-state index contributed by atoms with van der Waals surface area (Å²) in [6.45, 7) is 17.3. The molecular formula is C59H71N9O8S2. The van der Waals surface area contributed by atoms with Gasteiger partial charge in [-0.2, -0.15) is 5.26 Å². The fourth-order valence-corrected chi connectivity index (χ4v) is 12.3. The molecule has 0 aliphatic carbocycles. The van der Waals surface area contributed by atoms with Crippen molar-refractivity contribution in [3.05, 3.63) is 111 Å². The van der Waals surface area contributed by atoms with E-state index in [2.05, 4.69) is 32.0 Å². The van der Waals surface area contributed by atoms with Crippen LogP contribution in [0.3, 0.4) is 0 Å². The second-order valence-electron chi connectivity index (χ2n) is 21.8. The lowest BCUT2D eigenvalue weighted by Gasteiger charge is -2.35. The highest BCUT2D eigenvalue weighted by atomic mass is 32.1. The van der Waals surface area contributed by atoms with Crippen molar-refractivity contribution in [3.8, 4) is 32.7 Å². The molecule has 8 rings (SSSR count). The second kappa shape index (κ2) is 24.8. The first-order valence-electron chi connectivity index (χ1n) is 27.0. The fraction of sp³-hybridized carbons (Fsp3) is 0.475. The Morgan fingerprint density at radius 1 is 0.821 bits per heavy atom. The van der Waals surface area contributed by atoms with E-state index in [0.717, 1.165) is 43.4 Å². The number of carbonyl (C=O) groups excluding carboxylic acids is 6. The summed E-state index contributed by atoms with van der Waals surface area (Å²) in [4.78, 5) is 101. The lowest BCUT2D eigenvalue weighted by molar-refractivity contribution is -0.143. The number of likely N-dealkylation sites (tertiary alicyclic amines) is 2. The Morgan fingerprint density at radius 3 is 2.01 bits per heavy atom. The molecule has 412 valence electrons. The largest absolute Gasteiger partial charge is 0.488 e. The lowest BCUT2D eigenvalue weighted by Crippen LogP contribution is -2.55. The molecule has 0 spiro atoms. The van der Waals surface area contributed by atoms with Gasteiger partial charge in [-0.15, -0.1) is 22.7 Å². The van der Waals surface area contributed by atoms with Gasteiger partial charge in [-0.3, -0.25) is 28.8 Å². The lowest BCUT2D eigenvalue weighted by atomic mass is 9.96. The van der Waals surface area contributed by atoms with Crippen molar-refractivity contribution in [3.63, 3.8) is 0 Å². The molecule has 0 saturated carbocycles. The first-order valence-corrected chi connectivity index (χ1v) is 28.7. The molecule has 78 heavy (non-hydrogen) atoms. The maximum Gasteiger partial charge on any atom is 0.255 e. The molecule has 4 N–H and O–H groups in total. The quantitative estimate of drug-likeness (QED) is 0.0586. The summed E-state index contributed by atoms with van der Waals surface area (Å²) < 4.78 is 6.56. The zero-order valence-corrected chi connectivity index (χ0v) is 47.5. The molecule has 0 radical (unpaired) electrons. The number of β-amino-alcohol motifs (C(OH)–C–C–N with tert-alkyl or cyclic N) is 1. The van der Waals surface area contributed by atoms with Gasteiger partial charge in [-0.25, -0.2) is 9.97 Å². The van der Waals surface area contributed by atoms with Crippen LogP contribution < -0.4 is 20.7 Å². The van der Waals surface area contributed by atoms with Crippen LogP contribution in [-0.2, 0) is 37.1 Å². The summed E-state index contributed by atoms with van der Waals surface area (Å²) >= 11 is 3.11. The minimum Gasteiger partial charge on any atom is -0.488 e. The molecule has 19 heteroatoms. The number of carbonyl (C=O) groups is 6. The van der Waals surface area contributed by atoms with Crippen LogP contribution in [0.2, 0.25) is 0 Å². The van der Waals surface area contributed by atoms with Gasteiger partial charge in [0.15, 0.2) is 0 Å². The molecule has 2 aromatic heterocycles. The second-order valence-corrected chi connectivity index (χ2v) is 23.5. The molecule has 6 amide bonds.